The number of anilines is 2. The van der Waals surface area contributed by atoms with Crippen LogP contribution in [0.2, 0.25) is 0 Å². The van der Waals surface area contributed by atoms with Crippen molar-refractivity contribution in [3.63, 3.8) is 0 Å². The third kappa shape index (κ3) is 4.20. The number of nitrogens with two attached hydrogens (primary N) is 1. The largest absolute Gasteiger partial charge is 0.391 e. The summed E-state index contributed by atoms with van der Waals surface area (Å²) < 4.78 is 1.87. The Morgan fingerprint density at radius 2 is 1.85 bits per heavy atom. The third-order valence-electron chi connectivity index (χ3n) is 6.14. The van der Waals surface area contributed by atoms with Gasteiger partial charge >= 0.3 is 0 Å². The Kier molecular flexibility index (Phi) is 5.90. The molecule has 0 spiro atoms. The third-order valence-corrected chi connectivity index (χ3v) is 7.12. The number of hydrogen-bond acceptors (Lipinski definition) is 7. The predicted molar refractivity (Wildman–Crippen MR) is 141 cm³/mol. The molecule has 1 aliphatic rings. The molecule has 0 saturated carbocycles. The molecule has 8 heteroatoms. The number of piperidine rings is 1. The zero-order valence-electron chi connectivity index (χ0n) is 18.9. The van der Waals surface area contributed by atoms with Gasteiger partial charge in [-0.05, 0) is 43.2 Å². The maximum absolute atomic E-state index is 5.93. The molecule has 0 aliphatic carbocycles. The van der Waals surface area contributed by atoms with Crippen LogP contribution in [-0.2, 0) is 0 Å². The number of allylic oxidation sites excluding steroid dienone is 1. The summed E-state index contributed by atoms with van der Waals surface area (Å²) in [4.78, 5) is 13.2. The van der Waals surface area contributed by atoms with Crippen LogP contribution in [0, 0.1) is 0 Å². The van der Waals surface area contributed by atoms with Crippen molar-refractivity contribution in [3.8, 4) is 5.69 Å². The van der Waals surface area contributed by atoms with Crippen molar-refractivity contribution in [1.29, 1.82) is 0 Å². The zero-order valence-corrected chi connectivity index (χ0v) is 19.8. The fourth-order valence-electron chi connectivity index (χ4n) is 4.23. The van der Waals surface area contributed by atoms with E-state index < -0.39 is 0 Å². The second kappa shape index (κ2) is 9.15. The van der Waals surface area contributed by atoms with Crippen LogP contribution in [0.5, 0.6) is 0 Å². The van der Waals surface area contributed by atoms with E-state index in [1.807, 2.05) is 53.2 Å². The van der Waals surface area contributed by atoms with E-state index in [0.717, 1.165) is 69.7 Å². The standard InChI is InChI=1S/C26H27N7S/c1-4-17(2)32-14-12-19(13-15-32)24-30-25(29-18(3)22-10-11-23(27)34-22)21-16-28-33(26(21)31-24)20-8-6-5-7-9-20/h4-11,16,19H,1-3,12-15,27H2,(H,29,30,31). The van der Waals surface area contributed by atoms with Gasteiger partial charge in [0.2, 0.25) is 0 Å². The first-order chi connectivity index (χ1) is 16.5. The summed E-state index contributed by atoms with van der Waals surface area (Å²) in [6.07, 6.45) is 5.51. The molecule has 7 nitrogen and oxygen atoms in total. The number of para-hydroxylation sites is 1. The Morgan fingerprint density at radius 1 is 1.09 bits per heavy atom. The summed E-state index contributed by atoms with van der Waals surface area (Å²) >= 11 is 1.49. The highest BCUT2D eigenvalue weighted by Gasteiger charge is 2.25. The number of thiophene rings is 1. The summed E-state index contributed by atoms with van der Waals surface area (Å²) in [5, 5.41) is 9.64. The van der Waals surface area contributed by atoms with Gasteiger partial charge in [-0.1, -0.05) is 37.9 Å². The van der Waals surface area contributed by atoms with Crippen LogP contribution in [0.15, 0.2) is 80.2 Å². The van der Waals surface area contributed by atoms with Gasteiger partial charge < -0.3 is 16.0 Å². The average Bonchev–Trinajstić information content (AvgIpc) is 3.50. The van der Waals surface area contributed by atoms with Crippen molar-refractivity contribution in [2.45, 2.75) is 18.8 Å². The zero-order chi connectivity index (χ0) is 23.7. The molecule has 5 rings (SSSR count). The lowest BCUT2D eigenvalue weighted by molar-refractivity contribution is 0.266. The first-order valence-corrected chi connectivity index (χ1v) is 12.0. The lowest BCUT2D eigenvalue weighted by atomic mass is 9.95. The molecule has 4 aromatic rings. The molecule has 3 N–H and O–H groups in total. The highest BCUT2D eigenvalue weighted by molar-refractivity contribution is 7.16. The van der Waals surface area contributed by atoms with E-state index in [1.165, 1.54) is 11.3 Å². The SMILES string of the molecule is C=CC(=C)N1CCC(c2nc(NC(=C)c3ccc(N)s3)c3cnn(-c4ccccc4)c3n2)CC1. The molecule has 1 aliphatic heterocycles. The van der Waals surface area contributed by atoms with Gasteiger partial charge in [0.15, 0.2) is 5.65 Å². The summed E-state index contributed by atoms with van der Waals surface area (Å²) in [6.45, 7) is 14.0. The van der Waals surface area contributed by atoms with E-state index >= 15 is 0 Å². The molecule has 172 valence electrons. The van der Waals surface area contributed by atoms with E-state index in [0.29, 0.717) is 5.82 Å². The minimum atomic E-state index is 0.239. The van der Waals surface area contributed by atoms with E-state index in [4.69, 9.17) is 15.7 Å². The molecular formula is C26H27N7S. The molecule has 0 amide bonds. The minimum Gasteiger partial charge on any atom is -0.391 e. The fourth-order valence-corrected chi connectivity index (χ4v) is 4.93. The summed E-state index contributed by atoms with van der Waals surface area (Å²) in [5.74, 6) is 1.76. The van der Waals surface area contributed by atoms with Crippen LogP contribution in [0.25, 0.3) is 22.4 Å². The first kappa shape index (κ1) is 21.9. The maximum atomic E-state index is 5.93. The molecule has 1 aromatic carbocycles. The quantitative estimate of drug-likeness (QED) is 0.352. The van der Waals surface area contributed by atoms with Crippen LogP contribution in [0.1, 0.15) is 29.5 Å². The van der Waals surface area contributed by atoms with Gasteiger partial charge in [0.1, 0.15) is 11.6 Å². The van der Waals surface area contributed by atoms with Crippen molar-refractivity contribution >= 4 is 38.9 Å². The highest BCUT2D eigenvalue weighted by atomic mass is 32.1. The second-order valence-electron chi connectivity index (χ2n) is 8.32. The molecule has 0 atom stereocenters. The Hall–Kier alpha value is -3.91. The Morgan fingerprint density at radius 3 is 2.53 bits per heavy atom. The first-order valence-electron chi connectivity index (χ1n) is 11.2. The van der Waals surface area contributed by atoms with Crippen LogP contribution in [0.3, 0.4) is 0 Å². The number of rotatable bonds is 7. The molecule has 0 unspecified atom stereocenters. The summed E-state index contributed by atoms with van der Waals surface area (Å²) in [7, 11) is 0. The number of benzene rings is 1. The van der Waals surface area contributed by atoms with Crippen molar-refractivity contribution in [2.24, 2.45) is 0 Å². The van der Waals surface area contributed by atoms with Gasteiger partial charge in [0.05, 0.1) is 27.1 Å². The smallest absolute Gasteiger partial charge is 0.168 e. The topological polar surface area (TPSA) is 84.9 Å². The van der Waals surface area contributed by atoms with E-state index in [1.54, 1.807) is 6.20 Å². The molecule has 1 fully saturated rings. The number of fused-ring (bicyclic) bond motifs is 1. The van der Waals surface area contributed by atoms with Crippen molar-refractivity contribution < 1.29 is 0 Å². The predicted octanol–water partition coefficient (Wildman–Crippen LogP) is 5.42. The Bertz CT molecular complexity index is 1360. The van der Waals surface area contributed by atoms with Crippen molar-refractivity contribution in [3.05, 3.63) is 90.9 Å². The molecule has 4 heterocycles. The highest BCUT2D eigenvalue weighted by Crippen LogP contribution is 2.33. The van der Waals surface area contributed by atoms with Gasteiger partial charge in [0.25, 0.3) is 0 Å². The second-order valence-corrected chi connectivity index (χ2v) is 9.44. The number of nitrogen functional groups attached to an aromatic ring is 1. The summed E-state index contributed by atoms with van der Waals surface area (Å²) in [6, 6.07) is 13.9. The number of likely N-dealkylation sites (tertiary alicyclic amines) is 1. The van der Waals surface area contributed by atoms with Crippen LogP contribution < -0.4 is 11.1 Å². The van der Waals surface area contributed by atoms with E-state index in [9.17, 15) is 0 Å². The Balaban J connectivity index is 1.53. The van der Waals surface area contributed by atoms with Crippen molar-refractivity contribution in [2.75, 3.05) is 24.1 Å². The molecular weight excluding hydrogens is 442 g/mol. The van der Waals surface area contributed by atoms with Gasteiger partial charge in [0, 0.05) is 30.4 Å². The van der Waals surface area contributed by atoms with Gasteiger partial charge in [-0.15, -0.1) is 11.3 Å². The summed E-state index contributed by atoms with van der Waals surface area (Å²) in [5.41, 5.74) is 9.36. The van der Waals surface area contributed by atoms with E-state index in [-0.39, 0.29) is 5.92 Å². The maximum Gasteiger partial charge on any atom is 0.168 e. The van der Waals surface area contributed by atoms with Gasteiger partial charge in [-0.25, -0.2) is 14.6 Å². The molecule has 34 heavy (non-hydrogen) atoms. The van der Waals surface area contributed by atoms with Crippen LogP contribution in [-0.4, -0.2) is 37.7 Å². The van der Waals surface area contributed by atoms with Gasteiger partial charge in [-0.3, -0.25) is 0 Å². The number of nitrogens with zero attached hydrogens (tertiary/aromatic N) is 5. The molecule has 1 saturated heterocycles. The minimum absolute atomic E-state index is 0.239. The van der Waals surface area contributed by atoms with E-state index in [2.05, 4.69) is 35.1 Å². The number of nitrogens with one attached hydrogen (secondary N) is 1. The normalized spacial score (nSPS) is 14.3. The Labute approximate surface area is 203 Å². The number of hydrogen-bond donors (Lipinski definition) is 2. The molecule has 0 bridgehead atoms. The monoisotopic (exact) mass is 469 g/mol. The number of aromatic nitrogens is 4. The van der Waals surface area contributed by atoms with Crippen LogP contribution >= 0.6 is 11.3 Å². The van der Waals surface area contributed by atoms with Crippen molar-refractivity contribution in [1.82, 2.24) is 24.6 Å². The lowest BCUT2D eigenvalue weighted by Crippen LogP contribution is -2.32. The molecule has 3 aromatic heterocycles. The molecule has 0 radical (unpaired) electrons. The lowest BCUT2D eigenvalue weighted by Gasteiger charge is -2.33. The fraction of sp³-hybridized carbons (Fsp3) is 0.192. The average molecular weight is 470 g/mol. The van der Waals surface area contributed by atoms with Gasteiger partial charge in [-0.2, -0.15) is 5.10 Å². The van der Waals surface area contributed by atoms with Crippen LogP contribution in [0.4, 0.5) is 10.8 Å².